The van der Waals surface area contributed by atoms with Gasteiger partial charge in [-0.1, -0.05) is 35.5 Å². The summed E-state index contributed by atoms with van der Waals surface area (Å²) in [5, 5.41) is 12.4. The van der Waals surface area contributed by atoms with Crippen LogP contribution in [-0.4, -0.2) is 13.1 Å². The van der Waals surface area contributed by atoms with Gasteiger partial charge in [0.05, 0.1) is 23.5 Å². The van der Waals surface area contributed by atoms with Crippen molar-refractivity contribution in [2.24, 2.45) is 0 Å². The maximum Gasteiger partial charge on any atom is 0.453 e. The third-order valence-electron chi connectivity index (χ3n) is 5.37. The van der Waals surface area contributed by atoms with E-state index in [1.54, 1.807) is 6.07 Å². The average Bonchev–Trinajstić information content (AvgIpc) is 2.73. The zero-order valence-corrected chi connectivity index (χ0v) is 17.1. The van der Waals surface area contributed by atoms with Gasteiger partial charge < -0.3 is 19.2 Å². The van der Waals surface area contributed by atoms with Crippen LogP contribution in [0.15, 0.2) is 45.6 Å². The molecule has 1 aliphatic rings. The summed E-state index contributed by atoms with van der Waals surface area (Å²) in [7, 11) is 0. The minimum atomic E-state index is -5.02. The van der Waals surface area contributed by atoms with Crippen molar-refractivity contribution in [3.05, 3.63) is 63.0 Å². The molecule has 0 radical (unpaired) electrons. The summed E-state index contributed by atoms with van der Waals surface area (Å²) >= 11 is 5.98. The van der Waals surface area contributed by atoms with Gasteiger partial charge in [-0.3, -0.25) is 4.79 Å². The monoisotopic (exact) mass is 453 g/mol. The van der Waals surface area contributed by atoms with Crippen LogP contribution in [-0.2, 0) is 12.7 Å². The fourth-order valence-corrected chi connectivity index (χ4v) is 4.02. The predicted molar refractivity (Wildman–Crippen MR) is 107 cm³/mol. The number of ether oxygens (including phenoxy) is 1. The highest BCUT2D eigenvalue weighted by Crippen LogP contribution is 2.40. The van der Waals surface area contributed by atoms with E-state index < -0.39 is 28.9 Å². The smallest absolute Gasteiger partial charge is 0.453 e. The molecule has 0 aliphatic carbocycles. The lowest BCUT2D eigenvalue weighted by Crippen LogP contribution is -3.11. The highest BCUT2D eigenvalue weighted by Gasteiger charge is 2.41. The van der Waals surface area contributed by atoms with Gasteiger partial charge >= 0.3 is 6.18 Å². The molecule has 4 rings (SSSR count). The molecular weight excluding hydrogens is 435 g/mol. The Labute approximate surface area is 180 Å². The van der Waals surface area contributed by atoms with Crippen LogP contribution in [0.4, 0.5) is 13.2 Å². The third kappa shape index (κ3) is 4.36. The van der Waals surface area contributed by atoms with E-state index in [9.17, 15) is 23.1 Å². The van der Waals surface area contributed by atoms with Crippen LogP contribution in [0, 0.1) is 0 Å². The number of nitrogens with one attached hydrogen (secondary N) is 1. The number of alkyl halides is 3. The Balaban J connectivity index is 1.89. The van der Waals surface area contributed by atoms with Crippen LogP contribution in [0.25, 0.3) is 11.0 Å². The van der Waals surface area contributed by atoms with Crippen LogP contribution in [0.3, 0.4) is 0 Å². The molecule has 1 aromatic heterocycles. The normalized spacial score (nSPS) is 15.4. The minimum Gasteiger partial charge on any atom is -0.872 e. The molecule has 0 saturated carbocycles. The van der Waals surface area contributed by atoms with Crippen LogP contribution >= 0.6 is 11.6 Å². The molecule has 5 nitrogen and oxygen atoms in total. The van der Waals surface area contributed by atoms with Crippen LogP contribution < -0.4 is 20.2 Å². The number of piperidine rings is 1. The molecule has 1 N–H and O–H groups in total. The largest absolute Gasteiger partial charge is 0.872 e. The highest BCUT2D eigenvalue weighted by molar-refractivity contribution is 6.32. The van der Waals surface area contributed by atoms with E-state index in [2.05, 4.69) is 0 Å². The van der Waals surface area contributed by atoms with Crippen LogP contribution in [0.2, 0.25) is 5.02 Å². The lowest BCUT2D eigenvalue weighted by atomic mass is 10.1. The zero-order chi connectivity index (χ0) is 22.2. The molecule has 164 valence electrons. The van der Waals surface area contributed by atoms with Gasteiger partial charge in [0.1, 0.15) is 17.9 Å². The number of para-hydroxylation sites is 1. The maximum atomic E-state index is 13.8. The van der Waals surface area contributed by atoms with Gasteiger partial charge in [0.15, 0.2) is 0 Å². The molecule has 0 atom stereocenters. The number of benzene rings is 2. The van der Waals surface area contributed by atoms with Gasteiger partial charge in [0.25, 0.3) is 5.76 Å². The quantitative estimate of drug-likeness (QED) is 0.650. The average molecular weight is 454 g/mol. The van der Waals surface area contributed by atoms with E-state index in [4.69, 9.17) is 20.8 Å². The molecule has 2 aromatic carbocycles. The summed E-state index contributed by atoms with van der Waals surface area (Å²) in [5.41, 5.74) is -1.28. The lowest BCUT2D eigenvalue weighted by molar-refractivity contribution is -0.918. The Morgan fingerprint density at radius 2 is 1.81 bits per heavy atom. The number of halogens is 4. The van der Waals surface area contributed by atoms with Crippen molar-refractivity contribution in [2.45, 2.75) is 32.0 Å². The molecule has 1 fully saturated rings. The van der Waals surface area contributed by atoms with Gasteiger partial charge in [0.2, 0.25) is 11.2 Å². The van der Waals surface area contributed by atoms with Gasteiger partial charge in [-0.2, -0.15) is 13.2 Å². The molecule has 2 heterocycles. The molecule has 3 aromatic rings. The number of quaternary nitrogens is 1. The van der Waals surface area contributed by atoms with Crippen molar-refractivity contribution in [3.8, 4) is 17.2 Å². The van der Waals surface area contributed by atoms with Crippen molar-refractivity contribution in [1.82, 2.24) is 0 Å². The number of hydrogen-bond acceptors (Lipinski definition) is 4. The second kappa shape index (κ2) is 8.43. The Bertz CT molecular complexity index is 1170. The first-order valence-electron chi connectivity index (χ1n) is 9.88. The van der Waals surface area contributed by atoms with Gasteiger partial charge in [0, 0.05) is 5.56 Å². The summed E-state index contributed by atoms with van der Waals surface area (Å²) in [6.07, 6.45) is -1.98. The van der Waals surface area contributed by atoms with Crippen LogP contribution in [0.1, 0.15) is 30.6 Å². The highest BCUT2D eigenvalue weighted by atomic mass is 35.5. The maximum absolute atomic E-state index is 13.8. The Kier molecular flexibility index (Phi) is 5.85. The fourth-order valence-electron chi connectivity index (χ4n) is 3.84. The van der Waals surface area contributed by atoms with Crippen molar-refractivity contribution < 1.29 is 32.3 Å². The predicted octanol–water partition coefficient (Wildman–Crippen LogP) is 3.90. The van der Waals surface area contributed by atoms with Gasteiger partial charge in [-0.25, -0.2) is 0 Å². The molecule has 0 spiro atoms. The second-order valence-electron chi connectivity index (χ2n) is 7.53. The second-order valence-corrected chi connectivity index (χ2v) is 7.93. The van der Waals surface area contributed by atoms with Crippen molar-refractivity contribution in [2.75, 3.05) is 13.1 Å². The summed E-state index contributed by atoms with van der Waals surface area (Å²) in [6.45, 7) is 1.81. The standard InChI is InChI=1S/C22H19ClF3NO4/c23-15-6-2-3-7-17(15)30-20-18(29)13-8-9-16(28)14(12-27-10-4-1-5-11-27)19(13)31-21(20)22(24,25)26/h2-3,6-9,28H,1,4-5,10-12H2. The lowest BCUT2D eigenvalue weighted by Gasteiger charge is -2.26. The van der Waals surface area contributed by atoms with E-state index in [0.717, 1.165) is 37.3 Å². The van der Waals surface area contributed by atoms with Crippen molar-refractivity contribution >= 4 is 22.6 Å². The van der Waals surface area contributed by atoms with E-state index in [1.165, 1.54) is 30.3 Å². The number of hydrogen-bond donors (Lipinski definition) is 1. The number of rotatable bonds is 4. The third-order valence-corrected chi connectivity index (χ3v) is 5.68. The van der Waals surface area contributed by atoms with E-state index in [0.29, 0.717) is 0 Å². The zero-order valence-electron chi connectivity index (χ0n) is 16.4. The first-order chi connectivity index (χ1) is 14.8. The number of likely N-dealkylation sites (tertiary alicyclic amines) is 1. The molecule has 1 saturated heterocycles. The first kappa shape index (κ1) is 21.5. The van der Waals surface area contributed by atoms with E-state index >= 15 is 0 Å². The summed E-state index contributed by atoms with van der Waals surface area (Å²) in [4.78, 5) is 14.1. The minimum absolute atomic E-state index is 0.0411. The Morgan fingerprint density at radius 1 is 1.10 bits per heavy atom. The van der Waals surface area contributed by atoms with Crippen molar-refractivity contribution in [1.29, 1.82) is 0 Å². The molecule has 0 amide bonds. The van der Waals surface area contributed by atoms with Crippen LogP contribution in [0.5, 0.6) is 17.2 Å². The SMILES string of the molecule is O=c1c(Oc2ccccc2Cl)c(C(F)(F)F)oc2c(C[NH+]3CCCCC3)c([O-])ccc12. The topological polar surface area (TPSA) is 66.9 Å². The molecule has 1 aliphatic heterocycles. The van der Waals surface area contributed by atoms with E-state index in [-0.39, 0.29) is 33.8 Å². The summed E-state index contributed by atoms with van der Waals surface area (Å²) < 4.78 is 51.9. The van der Waals surface area contributed by atoms with Crippen molar-refractivity contribution in [3.63, 3.8) is 0 Å². The molecule has 31 heavy (non-hydrogen) atoms. The fraction of sp³-hybridized carbons (Fsp3) is 0.318. The van der Waals surface area contributed by atoms with Gasteiger partial charge in [-0.15, -0.1) is 0 Å². The molecule has 0 bridgehead atoms. The first-order valence-corrected chi connectivity index (χ1v) is 10.3. The van der Waals surface area contributed by atoms with Gasteiger partial charge in [-0.05, 0) is 37.5 Å². The molecule has 9 heteroatoms. The summed E-state index contributed by atoms with van der Waals surface area (Å²) in [5.74, 6) is -3.17. The number of fused-ring (bicyclic) bond motifs is 1. The molecule has 0 unspecified atom stereocenters. The molecular formula is C22H19ClF3NO4. The summed E-state index contributed by atoms with van der Waals surface area (Å²) in [6, 6.07) is 8.23. The Hall–Kier alpha value is -2.71. The Morgan fingerprint density at radius 3 is 2.48 bits per heavy atom. The van der Waals surface area contributed by atoms with E-state index in [1.807, 2.05) is 0 Å².